The van der Waals surface area contributed by atoms with Crippen LogP contribution in [0.5, 0.6) is 0 Å². The maximum atomic E-state index is 8.88. The predicted molar refractivity (Wildman–Crippen MR) is 67.7 cm³/mol. The smallest absolute Gasteiger partial charge is 0.144 e. The maximum Gasteiger partial charge on any atom is 0.144 e. The number of hydrogen-bond donors (Lipinski definition) is 4. The Labute approximate surface area is 107 Å². The van der Waals surface area contributed by atoms with E-state index in [1.807, 2.05) is 12.2 Å². The first kappa shape index (κ1) is 15.0. The van der Waals surface area contributed by atoms with Crippen molar-refractivity contribution in [1.29, 1.82) is 0 Å². The maximum absolute atomic E-state index is 8.88. The van der Waals surface area contributed by atoms with Crippen LogP contribution in [-0.2, 0) is 9.47 Å². The lowest BCUT2D eigenvalue weighted by atomic mass is 10.0. The minimum atomic E-state index is -0.650. The molecule has 1 rings (SSSR count). The van der Waals surface area contributed by atoms with E-state index in [2.05, 4.69) is 10.6 Å². The molecule has 0 radical (unpaired) electrons. The van der Waals surface area contributed by atoms with Crippen LogP contribution in [0.25, 0.3) is 0 Å². The fraction of sp³-hybridized carbons (Fsp3) is 0.667. The van der Waals surface area contributed by atoms with Crippen molar-refractivity contribution in [3.63, 3.8) is 0 Å². The third-order valence-corrected chi connectivity index (χ3v) is 2.78. The molecule has 0 fully saturated rings. The molecular weight excluding hydrogens is 236 g/mol. The van der Waals surface area contributed by atoms with Crippen LogP contribution in [-0.4, -0.2) is 56.5 Å². The Morgan fingerprint density at radius 3 is 2.56 bits per heavy atom. The predicted octanol–water partition coefficient (Wildman–Crippen LogP) is -0.689. The van der Waals surface area contributed by atoms with E-state index in [1.165, 1.54) is 0 Å². The van der Waals surface area contributed by atoms with E-state index >= 15 is 0 Å². The van der Waals surface area contributed by atoms with Gasteiger partial charge in [-0.05, 0) is 12.2 Å². The fourth-order valence-electron chi connectivity index (χ4n) is 1.84. The van der Waals surface area contributed by atoms with Gasteiger partial charge >= 0.3 is 0 Å². The van der Waals surface area contributed by atoms with Gasteiger partial charge in [0.2, 0.25) is 0 Å². The van der Waals surface area contributed by atoms with Gasteiger partial charge in [0.25, 0.3) is 0 Å². The number of aliphatic hydroxyl groups is 2. The first-order valence-corrected chi connectivity index (χ1v) is 5.94. The number of methoxy groups -OCH3 is 2. The molecule has 0 spiro atoms. The Balaban J connectivity index is 2.82. The topological polar surface area (TPSA) is 83.0 Å². The molecular formula is C12H22N2O4. The van der Waals surface area contributed by atoms with Gasteiger partial charge in [0.15, 0.2) is 0 Å². The molecule has 1 aliphatic carbocycles. The van der Waals surface area contributed by atoms with Gasteiger partial charge in [0.05, 0.1) is 26.0 Å². The van der Waals surface area contributed by atoms with Gasteiger partial charge in [0.1, 0.15) is 11.5 Å². The second-order valence-electron chi connectivity index (χ2n) is 3.93. The van der Waals surface area contributed by atoms with Crippen LogP contribution >= 0.6 is 0 Å². The van der Waals surface area contributed by atoms with E-state index in [4.69, 9.17) is 19.7 Å². The van der Waals surface area contributed by atoms with E-state index in [-0.39, 0.29) is 13.2 Å². The molecule has 104 valence electrons. The Kier molecular flexibility index (Phi) is 6.14. The minimum Gasteiger partial charge on any atom is -0.495 e. The monoisotopic (exact) mass is 258 g/mol. The lowest BCUT2D eigenvalue weighted by molar-refractivity contribution is -0.00148. The summed E-state index contributed by atoms with van der Waals surface area (Å²) in [5, 5.41) is 23.9. The van der Waals surface area contributed by atoms with E-state index in [9.17, 15) is 0 Å². The average Bonchev–Trinajstić information content (AvgIpc) is 2.43. The lowest BCUT2D eigenvalue weighted by Crippen LogP contribution is -2.48. The summed E-state index contributed by atoms with van der Waals surface area (Å²) in [5.41, 5.74) is 0.118. The molecule has 1 unspecified atom stereocenters. The molecule has 0 aromatic rings. The Bertz CT molecular complexity index is 317. The largest absolute Gasteiger partial charge is 0.495 e. The molecule has 1 aliphatic rings. The second kappa shape index (κ2) is 7.38. The van der Waals surface area contributed by atoms with Crippen molar-refractivity contribution in [1.82, 2.24) is 10.6 Å². The summed E-state index contributed by atoms with van der Waals surface area (Å²) in [6, 6.07) is 0. The molecule has 0 amide bonds. The van der Waals surface area contributed by atoms with Crippen molar-refractivity contribution >= 4 is 0 Å². The highest BCUT2D eigenvalue weighted by molar-refractivity contribution is 5.32. The van der Waals surface area contributed by atoms with Crippen LogP contribution in [0.1, 0.15) is 6.42 Å². The number of rotatable bonds is 8. The van der Waals surface area contributed by atoms with Gasteiger partial charge in [-0.25, -0.2) is 0 Å². The molecule has 6 nitrogen and oxygen atoms in total. The molecule has 0 saturated carbocycles. The van der Waals surface area contributed by atoms with Crippen LogP contribution < -0.4 is 10.6 Å². The zero-order valence-corrected chi connectivity index (χ0v) is 10.9. The van der Waals surface area contributed by atoms with Crippen LogP contribution in [0.3, 0.4) is 0 Å². The normalized spacial score (nSPS) is 23.3. The number of nitrogens with one attached hydrogen (secondary N) is 2. The second-order valence-corrected chi connectivity index (χ2v) is 3.93. The Morgan fingerprint density at radius 2 is 2.00 bits per heavy atom. The van der Waals surface area contributed by atoms with Gasteiger partial charge < -0.3 is 25.0 Å². The zero-order valence-electron chi connectivity index (χ0n) is 10.9. The van der Waals surface area contributed by atoms with Gasteiger partial charge in [-0.1, -0.05) is 0 Å². The molecule has 0 aliphatic heterocycles. The molecule has 0 heterocycles. The van der Waals surface area contributed by atoms with E-state index in [0.29, 0.717) is 19.5 Å². The van der Waals surface area contributed by atoms with Crippen LogP contribution in [0.15, 0.2) is 23.6 Å². The van der Waals surface area contributed by atoms with Crippen molar-refractivity contribution in [3.05, 3.63) is 23.6 Å². The van der Waals surface area contributed by atoms with Gasteiger partial charge in [-0.3, -0.25) is 5.32 Å². The van der Waals surface area contributed by atoms with Crippen LogP contribution in [0.4, 0.5) is 0 Å². The molecule has 18 heavy (non-hydrogen) atoms. The molecule has 1 atom stereocenters. The van der Waals surface area contributed by atoms with Crippen molar-refractivity contribution in [2.24, 2.45) is 0 Å². The highest BCUT2D eigenvalue weighted by atomic mass is 16.5. The lowest BCUT2D eigenvalue weighted by Gasteiger charge is -2.33. The summed E-state index contributed by atoms with van der Waals surface area (Å²) in [6.45, 7) is 0.956. The van der Waals surface area contributed by atoms with E-state index < -0.39 is 5.72 Å². The standard InChI is InChI=1S/C12H22N2O4/c1-17-11-3-4-12(18-2,14-6-8-16)9-10(11)13-5-7-15/h3,9,13-16H,4-8H2,1-2H3. The first-order chi connectivity index (χ1) is 8.71. The number of ether oxygens (including phenoxy) is 2. The average molecular weight is 258 g/mol. The minimum absolute atomic E-state index is 0.0401. The summed E-state index contributed by atoms with van der Waals surface area (Å²) >= 11 is 0. The fourth-order valence-corrected chi connectivity index (χ4v) is 1.84. The van der Waals surface area contributed by atoms with Crippen molar-refractivity contribution < 1.29 is 19.7 Å². The molecule has 0 bridgehead atoms. The Hall–Kier alpha value is -1.08. The van der Waals surface area contributed by atoms with Crippen molar-refractivity contribution in [2.75, 3.05) is 40.5 Å². The van der Waals surface area contributed by atoms with Crippen LogP contribution in [0, 0.1) is 0 Å². The summed E-state index contributed by atoms with van der Waals surface area (Å²) < 4.78 is 10.7. The quantitative estimate of drug-likeness (QED) is 0.431. The summed E-state index contributed by atoms with van der Waals surface area (Å²) in [6.07, 6.45) is 4.39. The van der Waals surface area contributed by atoms with E-state index in [1.54, 1.807) is 14.2 Å². The van der Waals surface area contributed by atoms with Crippen LogP contribution in [0.2, 0.25) is 0 Å². The zero-order chi connectivity index (χ0) is 13.4. The Morgan fingerprint density at radius 1 is 1.28 bits per heavy atom. The third kappa shape index (κ3) is 3.71. The number of aliphatic hydroxyl groups excluding tert-OH is 2. The molecule has 0 saturated heterocycles. The summed E-state index contributed by atoms with van der Waals surface area (Å²) in [4.78, 5) is 0. The summed E-state index contributed by atoms with van der Waals surface area (Å²) in [5.74, 6) is 0.724. The van der Waals surface area contributed by atoms with Gasteiger partial charge in [0, 0.05) is 26.6 Å². The molecule has 0 aromatic carbocycles. The molecule has 6 heteroatoms. The van der Waals surface area contributed by atoms with E-state index in [0.717, 1.165) is 11.5 Å². The molecule has 4 N–H and O–H groups in total. The highest BCUT2D eigenvalue weighted by Gasteiger charge is 2.30. The van der Waals surface area contributed by atoms with Gasteiger partial charge in [-0.15, -0.1) is 0 Å². The van der Waals surface area contributed by atoms with Crippen molar-refractivity contribution in [2.45, 2.75) is 12.1 Å². The number of hydrogen-bond acceptors (Lipinski definition) is 6. The van der Waals surface area contributed by atoms with Gasteiger partial charge in [-0.2, -0.15) is 0 Å². The first-order valence-electron chi connectivity index (χ1n) is 5.94. The highest BCUT2D eigenvalue weighted by Crippen LogP contribution is 2.26. The summed E-state index contributed by atoms with van der Waals surface area (Å²) in [7, 11) is 3.21. The SMILES string of the molecule is COC1=CCC(NCCO)(OC)C=C1NCCO. The van der Waals surface area contributed by atoms with Crippen molar-refractivity contribution in [3.8, 4) is 0 Å². The third-order valence-electron chi connectivity index (χ3n) is 2.78. The molecule has 0 aromatic heterocycles.